The van der Waals surface area contributed by atoms with E-state index in [0.29, 0.717) is 12.5 Å². The Morgan fingerprint density at radius 2 is 2.00 bits per heavy atom. The molecule has 0 radical (unpaired) electrons. The Hall–Kier alpha value is -2.01. The molecule has 3 rings (SSSR count). The SMILES string of the molecule is COc1ccc(OCCc2cc([C@H]3CCN(CC(C)C)C3)n[nH]2)cc1. The van der Waals surface area contributed by atoms with Gasteiger partial charge in [0.05, 0.1) is 19.4 Å². The molecule has 1 aromatic carbocycles. The number of ether oxygens (including phenoxy) is 2. The fourth-order valence-electron chi connectivity index (χ4n) is 3.42. The van der Waals surface area contributed by atoms with Gasteiger partial charge in [0.25, 0.3) is 0 Å². The molecule has 5 heteroatoms. The third-order valence-electron chi connectivity index (χ3n) is 4.66. The number of nitrogens with zero attached hydrogens (tertiary/aromatic N) is 2. The Balaban J connectivity index is 1.45. The maximum atomic E-state index is 5.79. The van der Waals surface area contributed by atoms with Gasteiger partial charge in [-0.3, -0.25) is 5.10 Å². The van der Waals surface area contributed by atoms with E-state index < -0.39 is 0 Å². The van der Waals surface area contributed by atoms with Crippen molar-refractivity contribution in [2.24, 2.45) is 5.92 Å². The van der Waals surface area contributed by atoms with Crippen molar-refractivity contribution in [2.45, 2.75) is 32.6 Å². The third-order valence-corrected chi connectivity index (χ3v) is 4.66. The molecule has 2 heterocycles. The summed E-state index contributed by atoms with van der Waals surface area (Å²) in [6, 6.07) is 9.89. The van der Waals surface area contributed by atoms with Crippen molar-refractivity contribution in [3.63, 3.8) is 0 Å². The van der Waals surface area contributed by atoms with Gasteiger partial charge in [0, 0.05) is 31.1 Å². The topological polar surface area (TPSA) is 50.4 Å². The number of nitrogens with one attached hydrogen (secondary N) is 1. The Morgan fingerprint density at radius 1 is 1.24 bits per heavy atom. The van der Waals surface area contributed by atoms with Crippen LogP contribution in [0.15, 0.2) is 30.3 Å². The van der Waals surface area contributed by atoms with Gasteiger partial charge in [-0.1, -0.05) is 13.8 Å². The lowest BCUT2D eigenvalue weighted by molar-refractivity contribution is 0.294. The number of likely N-dealkylation sites (tertiary alicyclic amines) is 1. The predicted molar refractivity (Wildman–Crippen MR) is 99.4 cm³/mol. The largest absolute Gasteiger partial charge is 0.497 e. The van der Waals surface area contributed by atoms with E-state index in [-0.39, 0.29) is 0 Å². The normalized spacial score (nSPS) is 18.0. The first-order valence-corrected chi connectivity index (χ1v) is 9.17. The van der Waals surface area contributed by atoms with Crippen LogP contribution in [-0.4, -0.2) is 48.4 Å². The van der Waals surface area contributed by atoms with Crippen molar-refractivity contribution in [1.82, 2.24) is 15.1 Å². The molecule has 0 spiro atoms. The van der Waals surface area contributed by atoms with Crippen LogP contribution < -0.4 is 9.47 Å². The van der Waals surface area contributed by atoms with E-state index in [1.165, 1.54) is 25.2 Å². The number of H-pyrrole nitrogens is 1. The van der Waals surface area contributed by atoms with E-state index >= 15 is 0 Å². The van der Waals surface area contributed by atoms with Crippen molar-refractivity contribution in [3.8, 4) is 11.5 Å². The first-order chi connectivity index (χ1) is 12.1. The molecule has 1 fully saturated rings. The zero-order valence-electron chi connectivity index (χ0n) is 15.5. The van der Waals surface area contributed by atoms with Crippen molar-refractivity contribution in [1.29, 1.82) is 0 Å². The molecule has 5 nitrogen and oxygen atoms in total. The molecule has 1 aliphatic rings. The monoisotopic (exact) mass is 343 g/mol. The van der Waals surface area contributed by atoms with Gasteiger partial charge in [0.2, 0.25) is 0 Å². The zero-order chi connectivity index (χ0) is 17.6. The smallest absolute Gasteiger partial charge is 0.119 e. The summed E-state index contributed by atoms with van der Waals surface area (Å²) in [4.78, 5) is 2.55. The summed E-state index contributed by atoms with van der Waals surface area (Å²) in [5.74, 6) is 2.99. The molecule has 1 N–H and O–H groups in total. The minimum atomic E-state index is 0.561. The lowest BCUT2D eigenvalue weighted by Crippen LogP contribution is -2.24. The molecule has 136 valence electrons. The summed E-state index contributed by atoms with van der Waals surface area (Å²) in [6.45, 7) is 8.70. The number of benzene rings is 1. The number of aromatic amines is 1. The highest BCUT2D eigenvalue weighted by Gasteiger charge is 2.25. The second kappa shape index (κ2) is 8.39. The van der Waals surface area contributed by atoms with Crippen LogP contribution in [0.25, 0.3) is 0 Å². The molecule has 0 unspecified atom stereocenters. The van der Waals surface area contributed by atoms with Crippen LogP contribution in [0.2, 0.25) is 0 Å². The average molecular weight is 343 g/mol. The van der Waals surface area contributed by atoms with Crippen LogP contribution in [0.1, 0.15) is 37.6 Å². The highest BCUT2D eigenvalue weighted by Crippen LogP contribution is 2.26. The minimum Gasteiger partial charge on any atom is -0.497 e. The van der Waals surface area contributed by atoms with Crippen molar-refractivity contribution >= 4 is 0 Å². The molecule has 0 aliphatic carbocycles. The summed E-state index contributed by atoms with van der Waals surface area (Å²) in [6.07, 6.45) is 2.04. The second-order valence-electron chi connectivity index (χ2n) is 7.23. The Labute approximate surface area is 150 Å². The number of rotatable bonds is 8. The molecular formula is C20H29N3O2. The standard InChI is InChI=1S/C20H29N3O2/c1-15(2)13-23-10-8-16(14-23)20-12-17(21-22-20)9-11-25-19-6-4-18(24-3)5-7-19/h4-7,12,15-16H,8-11,13-14H2,1-3H3,(H,21,22)/t16-/m0/s1. The summed E-state index contributed by atoms with van der Waals surface area (Å²) in [5.41, 5.74) is 2.34. The molecule has 25 heavy (non-hydrogen) atoms. The maximum absolute atomic E-state index is 5.79. The van der Waals surface area contributed by atoms with Crippen LogP contribution >= 0.6 is 0 Å². The second-order valence-corrected chi connectivity index (χ2v) is 7.23. The quantitative estimate of drug-likeness (QED) is 0.797. The van der Waals surface area contributed by atoms with E-state index in [2.05, 4.69) is 35.0 Å². The summed E-state index contributed by atoms with van der Waals surface area (Å²) >= 11 is 0. The van der Waals surface area contributed by atoms with E-state index in [9.17, 15) is 0 Å². The van der Waals surface area contributed by atoms with Gasteiger partial charge in [-0.25, -0.2) is 0 Å². The first kappa shape index (κ1) is 17.8. The molecule has 2 aromatic rings. The van der Waals surface area contributed by atoms with Gasteiger partial charge >= 0.3 is 0 Å². The predicted octanol–water partition coefficient (Wildman–Crippen LogP) is 3.49. The Kier molecular flexibility index (Phi) is 5.97. The molecule has 1 saturated heterocycles. The Morgan fingerprint density at radius 3 is 2.72 bits per heavy atom. The van der Waals surface area contributed by atoms with Gasteiger partial charge in [-0.2, -0.15) is 5.10 Å². The van der Waals surface area contributed by atoms with Gasteiger partial charge < -0.3 is 14.4 Å². The summed E-state index contributed by atoms with van der Waals surface area (Å²) < 4.78 is 10.9. The number of aromatic nitrogens is 2. The van der Waals surface area contributed by atoms with E-state index in [1.807, 2.05) is 24.3 Å². The molecule has 1 aromatic heterocycles. The fourth-order valence-corrected chi connectivity index (χ4v) is 3.42. The number of hydrogen-bond donors (Lipinski definition) is 1. The average Bonchev–Trinajstić information content (AvgIpc) is 3.24. The fraction of sp³-hybridized carbons (Fsp3) is 0.550. The Bertz CT molecular complexity index is 651. The maximum Gasteiger partial charge on any atom is 0.119 e. The van der Waals surface area contributed by atoms with Crippen LogP contribution in [0.5, 0.6) is 11.5 Å². The van der Waals surface area contributed by atoms with E-state index in [1.54, 1.807) is 7.11 Å². The highest BCUT2D eigenvalue weighted by molar-refractivity contribution is 5.31. The zero-order valence-corrected chi connectivity index (χ0v) is 15.5. The lowest BCUT2D eigenvalue weighted by atomic mass is 10.0. The van der Waals surface area contributed by atoms with Crippen LogP contribution in [0.3, 0.4) is 0 Å². The van der Waals surface area contributed by atoms with Crippen LogP contribution in [0, 0.1) is 5.92 Å². The van der Waals surface area contributed by atoms with Crippen LogP contribution in [-0.2, 0) is 6.42 Å². The van der Waals surface area contributed by atoms with E-state index in [0.717, 1.165) is 36.1 Å². The minimum absolute atomic E-state index is 0.561. The van der Waals surface area contributed by atoms with Crippen molar-refractivity contribution in [2.75, 3.05) is 33.4 Å². The molecule has 0 bridgehead atoms. The molecular weight excluding hydrogens is 314 g/mol. The van der Waals surface area contributed by atoms with Crippen molar-refractivity contribution in [3.05, 3.63) is 41.7 Å². The number of hydrogen-bond acceptors (Lipinski definition) is 4. The number of methoxy groups -OCH3 is 1. The molecule has 1 aliphatic heterocycles. The van der Waals surface area contributed by atoms with E-state index in [4.69, 9.17) is 9.47 Å². The van der Waals surface area contributed by atoms with Gasteiger partial charge in [-0.05, 0) is 49.2 Å². The summed E-state index contributed by atoms with van der Waals surface area (Å²) in [5, 5.41) is 7.71. The molecule has 0 amide bonds. The summed E-state index contributed by atoms with van der Waals surface area (Å²) in [7, 11) is 1.66. The first-order valence-electron chi connectivity index (χ1n) is 9.17. The van der Waals surface area contributed by atoms with Crippen LogP contribution in [0.4, 0.5) is 0 Å². The van der Waals surface area contributed by atoms with Gasteiger partial charge in [0.15, 0.2) is 0 Å². The molecule has 1 atom stereocenters. The van der Waals surface area contributed by atoms with Gasteiger partial charge in [-0.15, -0.1) is 0 Å². The third kappa shape index (κ3) is 4.98. The lowest BCUT2D eigenvalue weighted by Gasteiger charge is -2.17. The van der Waals surface area contributed by atoms with Gasteiger partial charge in [0.1, 0.15) is 11.5 Å². The van der Waals surface area contributed by atoms with Crippen molar-refractivity contribution < 1.29 is 9.47 Å². The molecule has 0 saturated carbocycles. The highest BCUT2D eigenvalue weighted by atomic mass is 16.5.